The van der Waals surface area contributed by atoms with Gasteiger partial charge in [0.15, 0.2) is 5.69 Å². The van der Waals surface area contributed by atoms with E-state index in [4.69, 9.17) is 0 Å². The number of amides is 2. The predicted molar refractivity (Wildman–Crippen MR) is 137 cm³/mol. The third-order valence-corrected chi connectivity index (χ3v) is 5.62. The third kappa shape index (κ3) is 11.4. The van der Waals surface area contributed by atoms with Crippen LogP contribution in [0.1, 0.15) is 80.9 Å². The maximum absolute atomic E-state index is 12.5. The van der Waals surface area contributed by atoms with E-state index in [1.807, 2.05) is 0 Å². The van der Waals surface area contributed by atoms with E-state index in [1.54, 1.807) is 25.1 Å². The number of aromatic nitrogens is 4. The number of imidazole rings is 1. The summed E-state index contributed by atoms with van der Waals surface area (Å²) in [4.78, 5) is 31.1. The summed E-state index contributed by atoms with van der Waals surface area (Å²) in [6, 6.07) is 5.15. The number of carbonyl (C=O) groups excluding carboxylic acids is 2. The van der Waals surface area contributed by atoms with Gasteiger partial charge in [0.1, 0.15) is 11.5 Å². The summed E-state index contributed by atoms with van der Waals surface area (Å²) < 4.78 is 76.8. The van der Waals surface area contributed by atoms with Gasteiger partial charge in [-0.1, -0.05) is 58.2 Å². The summed E-state index contributed by atoms with van der Waals surface area (Å²) in [5.41, 5.74) is 0.886. The summed E-state index contributed by atoms with van der Waals surface area (Å²) in [6.07, 6.45) is -4.59. The fraction of sp³-hybridized carbons (Fsp3) is 0.577. The van der Waals surface area contributed by atoms with Crippen LogP contribution in [0.15, 0.2) is 22.8 Å². The van der Waals surface area contributed by atoms with Crippen molar-refractivity contribution in [3.05, 3.63) is 41.0 Å². The fourth-order valence-electron chi connectivity index (χ4n) is 2.66. The Morgan fingerprint density at radius 3 is 2.10 bits per heavy atom. The molecule has 4 rings (SSSR count). The van der Waals surface area contributed by atoms with Crippen molar-refractivity contribution < 1.29 is 40.6 Å². The predicted octanol–water partition coefficient (Wildman–Crippen LogP) is 6.15. The quantitative estimate of drug-likeness (QED) is 0.283. The largest absolute Gasteiger partial charge is 0.393 e. The van der Waals surface area contributed by atoms with Crippen molar-refractivity contribution in [2.45, 2.75) is 85.7 Å². The van der Waals surface area contributed by atoms with Crippen molar-refractivity contribution in [1.82, 2.24) is 30.9 Å². The van der Waals surface area contributed by atoms with Gasteiger partial charge >= 0.3 is 12.4 Å². The normalized spacial score (nSPS) is 13.8. The van der Waals surface area contributed by atoms with Crippen LogP contribution >= 0.6 is 0 Å². The lowest BCUT2D eigenvalue weighted by atomic mass is 9.96. The lowest BCUT2D eigenvalue weighted by molar-refractivity contribution is -0.204. The van der Waals surface area contributed by atoms with Crippen molar-refractivity contribution in [2.75, 3.05) is 0 Å². The van der Waals surface area contributed by atoms with Gasteiger partial charge in [0.25, 0.3) is 5.91 Å². The van der Waals surface area contributed by atoms with Crippen molar-refractivity contribution in [3.8, 4) is 0 Å². The van der Waals surface area contributed by atoms with Crippen LogP contribution in [0.5, 0.6) is 0 Å². The van der Waals surface area contributed by atoms with Crippen LogP contribution < -0.4 is 10.6 Å². The first-order valence-electron chi connectivity index (χ1n) is 12.8. The molecular weight excluding hydrogens is 558 g/mol. The molecule has 1 fully saturated rings. The van der Waals surface area contributed by atoms with Gasteiger partial charge in [-0.25, -0.2) is 9.61 Å². The minimum atomic E-state index is -4.40. The van der Waals surface area contributed by atoms with Gasteiger partial charge in [0, 0.05) is 13.0 Å². The topological polar surface area (TPSA) is 126 Å². The molecule has 2 heterocycles. The molecule has 0 spiro atoms. The Kier molecular flexibility index (Phi) is 11.3. The lowest BCUT2D eigenvalue weighted by Gasteiger charge is -2.21. The zero-order valence-corrected chi connectivity index (χ0v) is 23.4. The minimum Gasteiger partial charge on any atom is -0.352 e. The highest BCUT2D eigenvalue weighted by Crippen LogP contribution is 2.36. The molecule has 3 N–H and O–H groups in total. The summed E-state index contributed by atoms with van der Waals surface area (Å²) >= 11 is 0. The van der Waals surface area contributed by atoms with E-state index < -0.39 is 41.9 Å². The Morgan fingerprint density at radius 1 is 1.00 bits per heavy atom. The molecule has 2 amide bonds. The highest BCUT2D eigenvalue weighted by atomic mass is 19.4. The van der Waals surface area contributed by atoms with Gasteiger partial charge in [-0.05, 0) is 29.8 Å². The maximum atomic E-state index is 12.5. The van der Waals surface area contributed by atoms with Gasteiger partial charge in [-0.2, -0.15) is 26.3 Å². The second-order valence-corrected chi connectivity index (χ2v) is 10.6. The molecule has 1 aliphatic carbocycles. The number of hydrogen-bond acceptors (Lipinski definition) is 6. The van der Waals surface area contributed by atoms with Crippen molar-refractivity contribution in [3.63, 3.8) is 0 Å². The molecule has 1 atom stereocenters. The molecule has 1 saturated carbocycles. The SMILES string of the molecule is C1CC1.CC(C)(C)C(F)(F)F.Cc1nonc1C(=O)NCc1nc2ccc(CNC(=O)CC(C)C(F)(F)F)cc2[nH]1. The van der Waals surface area contributed by atoms with Gasteiger partial charge in [0.2, 0.25) is 5.91 Å². The first-order chi connectivity index (χ1) is 18.9. The van der Waals surface area contributed by atoms with Crippen LogP contribution in [0, 0.1) is 18.3 Å². The van der Waals surface area contributed by atoms with Crippen LogP contribution in [-0.2, 0) is 17.9 Å². The number of halogens is 6. The van der Waals surface area contributed by atoms with Gasteiger partial charge in [-0.3, -0.25) is 9.59 Å². The highest BCUT2D eigenvalue weighted by molar-refractivity contribution is 5.92. The molecule has 0 radical (unpaired) electrons. The van der Waals surface area contributed by atoms with E-state index in [9.17, 15) is 35.9 Å². The molecule has 41 heavy (non-hydrogen) atoms. The Hall–Kier alpha value is -3.65. The average molecular weight is 593 g/mol. The van der Waals surface area contributed by atoms with Crippen LogP contribution in [0.2, 0.25) is 0 Å². The van der Waals surface area contributed by atoms with Gasteiger partial charge in [0.05, 0.1) is 28.9 Å². The second-order valence-electron chi connectivity index (χ2n) is 10.6. The summed E-state index contributed by atoms with van der Waals surface area (Å²) in [5.74, 6) is -2.34. The van der Waals surface area contributed by atoms with Gasteiger partial charge in [-0.15, -0.1) is 0 Å². The van der Waals surface area contributed by atoms with Crippen LogP contribution in [-0.4, -0.2) is 44.4 Å². The van der Waals surface area contributed by atoms with E-state index in [-0.39, 0.29) is 18.8 Å². The molecule has 2 aromatic heterocycles. The van der Waals surface area contributed by atoms with Crippen molar-refractivity contribution in [2.24, 2.45) is 11.3 Å². The molecule has 1 aromatic carbocycles. The monoisotopic (exact) mass is 592 g/mol. The smallest absolute Gasteiger partial charge is 0.352 e. The summed E-state index contributed by atoms with van der Waals surface area (Å²) in [6.45, 7) is 6.20. The lowest BCUT2D eigenvalue weighted by Crippen LogP contribution is -2.29. The van der Waals surface area contributed by atoms with Crippen LogP contribution in [0.3, 0.4) is 0 Å². The number of fused-ring (bicyclic) bond motifs is 1. The Bertz CT molecular complexity index is 1280. The van der Waals surface area contributed by atoms with E-state index in [1.165, 1.54) is 19.3 Å². The standard InChI is InChI=1S/C18H19F3N6O3.C5H9F3.C3H6/c1-9(18(19,20)21)5-15(28)22-7-11-3-4-12-13(6-11)25-14(24-12)8-23-17(29)16-10(2)26-30-27-16;1-4(2,3)5(6,7)8;1-2-3-1/h3-4,6,9H,5,7-8H2,1-2H3,(H,22,28)(H,23,29)(H,24,25);1-3H3;1-3H2. The number of rotatable bonds is 7. The molecule has 1 unspecified atom stereocenters. The number of aromatic amines is 1. The average Bonchev–Trinajstić information content (AvgIpc) is 3.58. The molecule has 0 aliphatic heterocycles. The zero-order valence-electron chi connectivity index (χ0n) is 23.4. The van der Waals surface area contributed by atoms with Gasteiger partial charge < -0.3 is 15.6 Å². The second kappa shape index (κ2) is 13.8. The molecule has 0 saturated heterocycles. The van der Waals surface area contributed by atoms with Crippen molar-refractivity contribution in [1.29, 1.82) is 0 Å². The van der Waals surface area contributed by atoms with Crippen LogP contribution in [0.25, 0.3) is 11.0 Å². The number of nitrogens with zero attached hydrogens (tertiary/aromatic N) is 3. The number of benzene rings is 1. The number of hydrogen-bond donors (Lipinski definition) is 3. The molecule has 3 aromatic rings. The van der Waals surface area contributed by atoms with E-state index in [0.29, 0.717) is 28.1 Å². The zero-order chi connectivity index (χ0) is 31.0. The Balaban J connectivity index is 0.000000448. The number of alkyl halides is 6. The molecule has 1 aliphatic rings. The highest BCUT2D eigenvalue weighted by Gasteiger charge is 2.43. The molecule has 15 heteroatoms. The Labute approximate surface area is 232 Å². The molecule has 228 valence electrons. The molecular formula is C26H34F6N6O3. The van der Waals surface area contributed by atoms with E-state index >= 15 is 0 Å². The van der Waals surface area contributed by atoms with Crippen molar-refractivity contribution >= 4 is 22.8 Å². The molecule has 9 nitrogen and oxygen atoms in total. The number of carbonyl (C=O) groups is 2. The number of aryl methyl sites for hydroxylation is 1. The first-order valence-corrected chi connectivity index (χ1v) is 12.8. The first kappa shape index (κ1) is 33.6. The number of H-pyrrole nitrogens is 1. The maximum Gasteiger partial charge on any atom is 0.393 e. The van der Waals surface area contributed by atoms with E-state index in [0.717, 1.165) is 27.7 Å². The van der Waals surface area contributed by atoms with Crippen LogP contribution in [0.4, 0.5) is 26.3 Å². The number of nitrogens with one attached hydrogen (secondary N) is 3. The summed E-state index contributed by atoms with van der Waals surface area (Å²) in [7, 11) is 0. The third-order valence-electron chi connectivity index (χ3n) is 5.62. The molecule has 0 bridgehead atoms. The Morgan fingerprint density at radius 2 is 1.61 bits per heavy atom. The minimum absolute atomic E-state index is 0.0862. The fourth-order valence-corrected chi connectivity index (χ4v) is 2.66. The summed E-state index contributed by atoms with van der Waals surface area (Å²) in [5, 5.41) is 12.2. The van der Waals surface area contributed by atoms with E-state index in [2.05, 4.69) is 35.5 Å².